The van der Waals surface area contributed by atoms with Gasteiger partial charge < -0.3 is 5.32 Å². The first-order chi connectivity index (χ1) is 9.47. The Hall–Kier alpha value is -0.0100. The van der Waals surface area contributed by atoms with E-state index in [1.807, 2.05) is 24.3 Å². The summed E-state index contributed by atoms with van der Waals surface area (Å²) in [5.41, 5.74) is 0.943. The maximum absolute atomic E-state index is 12.6. The van der Waals surface area contributed by atoms with Crippen molar-refractivity contribution in [3.63, 3.8) is 0 Å². The molecular formula is C14H20BrCl2F3N2. The highest BCUT2D eigenvalue weighted by molar-refractivity contribution is 9.10. The van der Waals surface area contributed by atoms with Gasteiger partial charge in [0.05, 0.1) is 0 Å². The molecule has 1 heterocycles. The Bertz CT molecular complexity index is 440. The summed E-state index contributed by atoms with van der Waals surface area (Å²) in [6, 6.07) is 7.37. The van der Waals surface area contributed by atoms with Crippen LogP contribution in [0.15, 0.2) is 28.7 Å². The smallest absolute Gasteiger partial charge is 0.314 e. The van der Waals surface area contributed by atoms with Gasteiger partial charge in [0.2, 0.25) is 0 Å². The summed E-state index contributed by atoms with van der Waals surface area (Å²) in [5, 5.41) is 3.23. The number of nitrogens with zero attached hydrogens (tertiary/aromatic N) is 1. The lowest BCUT2D eigenvalue weighted by molar-refractivity contribution is -0.138. The van der Waals surface area contributed by atoms with E-state index in [0.29, 0.717) is 0 Å². The maximum atomic E-state index is 12.6. The van der Waals surface area contributed by atoms with Gasteiger partial charge in [-0.05, 0) is 18.1 Å². The van der Waals surface area contributed by atoms with E-state index in [1.54, 1.807) is 0 Å². The van der Waals surface area contributed by atoms with Crippen LogP contribution in [0.4, 0.5) is 13.2 Å². The number of halogens is 6. The molecule has 1 fully saturated rings. The number of benzene rings is 1. The van der Waals surface area contributed by atoms with Crippen molar-refractivity contribution in [3.05, 3.63) is 34.3 Å². The van der Waals surface area contributed by atoms with Gasteiger partial charge in [0.25, 0.3) is 0 Å². The van der Waals surface area contributed by atoms with Gasteiger partial charge in [0, 0.05) is 43.1 Å². The average Bonchev–Trinajstić information content (AvgIpc) is 2.41. The Labute approximate surface area is 149 Å². The summed E-state index contributed by atoms with van der Waals surface area (Å²) < 4.78 is 38.6. The third-order valence-electron chi connectivity index (χ3n) is 3.56. The molecule has 0 spiro atoms. The lowest BCUT2D eigenvalue weighted by Gasteiger charge is -2.36. The Morgan fingerprint density at radius 1 is 1.14 bits per heavy atom. The fourth-order valence-corrected chi connectivity index (χ4v) is 3.12. The first-order valence-electron chi connectivity index (χ1n) is 6.73. The van der Waals surface area contributed by atoms with Crippen LogP contribution in [0.2, 0.25) is 0 Å². The number of hydrogen-bond donors (Lipinski definition) is 1. The van der Waals surface area contributed by atoms with Gasteiger partial charge in [-0.2, -0.15) is 13.2 Å². The molecule has 1 atom stereocenters. The number of rotatable bonds is 4. The molecule has 1 aliphatic rings. The van der Waals surface area contributed by atoms with Crippen molar-refractivity contribution >= 4 is 40.7 Å². The molecule has 2 nitrogen and oxygen atoms in total. The maximum Gasteiger partial charge on any atom is 0.389 e. The molecule has 0 unspecified atom stereocenters. The van der Waals surface area contributed by atoms with Gasteiger partial charge in [0.1, 0.15) is 0 Å². The van der Waals surface area contributed by atoms with E-state index in [2.05, 4.69) is 26.1 Å². The molecule has 128 valence electrons. The minimum absolute atomic E-state index is 0. The van der Waals surface area contributed by atoms with Crippen molar-refractivity contribution < 1.29 is 13.2 Å². The zero-order valence-electron chi connectivity index (χ0n) is 11.9. The van der Waals surface area contributed by atoms with Crippen molar-refractivity contribution in [2.75, 3.05) is 26.2 Å². The predicted octanol–water partition coefficient (Wildman–Crippen LogP) is 4.58. The second-order valence-corrected chi connectivity index (χ2v) is 5.83. The second kappa shape index (κ2) is 9.98. The van der Waals surface area contributed by atoms with E-state index in [0.717, 1.165) is 36.2 Å². The summed E-state index contributed by atoms with van der Waals surface area (Å²) in [7, 11) is 0. The quantitative estimate of drug-likeness (QED) is 0.762. The van der Waals surface area contributed by atoms with E-state index in [-0.39, 0.29) is 37.3 Å². The van der Waals surface area contributed by atoms with Crippen LogP contribution in [0.1, 0.15) is 24.4 Å². The van der Waals surface area contributed by atoms with E-state index < -0.39 is 12.6 Å². The monoisotopic (exact) mass is 422 g/mol. The largest absolute Gasteiger partial charge is 0.389 e. The summed E-state index contributed by atoms with van der Waals surface area (Å²) >= 11 is 3.46. The van der Waals surface area contributed by atoms with E-state index in [4.69, 9.17) is 0 Å². The second-order valence-electron chi connectivity index (χ2n) is 4.98. The first-order valence-corrected chi connectivity index (χ1v) is 7.52. The van der Waals surface area contributed by atoms with Crippen molar-refractivity contribution in [2.45, 2.75) is 25.1 Å². The average molecular weight is 424 g/mol. The van der Waals surface area contributed by atoms with Gasteiger partial charge in [-0.15, -0.1) is 24.8 Å². The van der Waals surface area contributed by atoms with E-state index in [1.165, 1.54) is 0 Å². The number of piperazine rings is 1. The zero-order valence-corrected chi connectivity index (χ0v) is 15.1. The van der Waals surface area contributed by atoms with E-state index >= 15 is 0 Å². The SMILES string of the molecule is Cl.Cl.FC(F)(F)CC[C@@H](c1ccccc1Br)N1CCNCC1. The fourth-order valence-electron chi connectivity index (χ4n) is 2.57. The van der Waals surface area contributed by atoms with Gasteiger partial charge in [-0.1, -0.05) is 34.1 Å². The van der Waals surface area contributed by atoms with Crippen LogP contribution in [-0.2, 0) is 0 Å². The van der Waals surface area contributed by atoms with Gasteiger partial charge in [0.15, 0.2) is 0 Å². The van der Waals surface area contributed by atoms with Crippen molar-refractivity contribution in [3.8, 4) is 0 Å². The zero-order chi connectivity index (χ0) is 14.6. The van der Waals surface area contributed by atoms with Gasteiger partial charge >= 0.3 is 6.18 Å². The standard InChI is InChI=1S/C14H18BrF3N2.2ClH/c15-12-4-2-1-3-11(12)13(5-6-14(16,17)18)20-9-7-19-8-10-20;;/h1-4,13,19H,5-10H2;2*1H/t13-;;/m0../s1. The van der Waals surface area contributed by atoms with Crippen LogP contribution in [-0.4, -0.2) is 37.3 Å². The molecule has 0 bridgehead atoms. The number of hydrogen-bond acceptors (Lipinski definition) is 2. The molecule has 0 aromatic heterocycles. The number of alkyl halides is 3. The van der Waals surface area contributed by atoms with Crippen molar-refractivity contribution in [1.29, 1.82) is 0 Å². The molecule has 22 heavy (non-hydrogen) atoms. The Morgan fingerprint density at radius 2 is 1.73 bits per heavy atom. The Kier molecular flexibility index (Phi) is 9.98. The Morgan fingerprint density at radius 3 is 2.27 bits per heavy atom. The minimum atomic E-state index is -4.10. The molecule has 0 saturated carbocycles. The van der Waals surface area contributed by atoms with Crippen LogP contribution in [0.3, 0.4) is 0 Å². The van der Waals surface area contributed by atoms with Gasteiger partial charge in [-0.25, -0.2) is 0 Å². The normalized spacial score (nSPS) is 17.3. The molecule has 0 radical (unpaired) electrons. The highest BCUT2D eigenvalue weighted by Crippen LogP contribution is 2.34. The molecule has 0 aliphatic carbocycles. The van der Waals surface area contributed by atoms with Crippen molar-refractivity contribution in [2.24, 2.45) is 0 Å². The molecule has 8 heteroatoms. The lowest BCUT2D eigenvalue weighted by Crippen LogP contribution is -2.45. The highest BCUT2D eigenvalue weighted by atomic mass is 79.9. The molecule has 0 amide bonds. The third kappa shape index (κ3) is 6.62. The summed E-state index contributed by atoms with van der Waals surface area (Å²) in [4.78, 5) is 2.14. The molecule has 1 saturated heterocycles. The van der Waals surface area contributed by atoms with Crippen LogP contribution < -0.4 is 5.32 Å². The molecule has 2 rings (SSSR count). The van der Waals surface area contributed by atoms with Crippen LogP contribution in [0, 0.1) is 0 Å². The number of nitrogens with one attached hydrogen (secondary N) is 1. The third-order valence-corrected chi connectivity index (χ3v) is 4.28. The predicted molar refractivity (Wildman–Crippen MR) is 91.1 cm³/mol. The summed E-state index contributed by atoms with van der Waals surface area (Å²) in [5.74, 6) is 0. The summed E-state index contributed by atoms with van der Waals surface area (Å²) in [6.07, 6.45) is -4.75. The van der Waals surface area contributed by atoms with Crippen LogP contribution in [0.25, 0.3) is 0 Å². The topological polar surface area (TPSA) is 15.3 Å². The van der Waals surface area contributed by atoms with Crippen molar-refractivity contribution in [1.82, 2.24) is 10.2 Å². The van der Waals surface area contributed by atoms with Crippen LogP contribution >= 0.6 is 40.7 Å². The molecule has 1 N–H and O–H groups in total. The van der Waals surface area contributed by atoms with E-state index in [9.17, 15) is 13.2 Å². The lowest BCUT2D eigenvalue weighted by atomic mass is 9.99. The van der Waals surface area contributed by atoms with Crippen LogP contribution in [0.5, 0.6) is 0 Å². The first kappa shape index (κ1) is 22.0. The fraction of sp³-hybridized carbons (Fsp3) is 0.571. The molecule has 1 aliphatic heterocycles. The molecule has 1 aromatic rings. The Balaban J connectivity index is 0.00000220. The molecular weight excluding hydrogens is 404 g/mol. The van der Waals surface area contributed by atoms with Gasteiger partial charge in [-0.3, -0.25) is 4.90 Å². The summed E-state index contributed by atoms with van der Waals surface area (Å²) in [6.45, 7) is 3.22. The minimum Gasteiger partial charge on any atom is -0.314 e. The molecule has 1 aromatic carbocycles. The highest BCUT2D eigenvalue weighted by Gasteiger charge is 2.31.